The second-order valence-corrected chi connectivity index (χ2v) is 3.72. The van der Waals surface area contributed by atoms with Crippen LogP contribution in [-0.2, 0) is 6.42 Å². The van der Waals surface area contributed by atoms with E-state index in [1.807, 2.05) is 6.92 Å². The van der Waals surface area contributed by atoms with E-state index in [0.29, 0.717) is 17.9 Å². The topological polar surface area (TPSA) is 114 Å². The van der Waals surface area contributed by atoms with Crippen LogP contribution in [0.3, 0.4) is 0 Å². The van der Waals surface area contributed by atoms with Crippen molar-refractivity contribution < 1.29 is 9.72 Å². The molecule has 1 aromatic carbocycles. The number of non-ortho nitro benzene ring substituents is 1. The zero-order valence-electron chi connectivity index (χ0n) is 10.1. The van der Waals surface area contributed by atoms with Crippen LogP contribution in [0.1, 0.15) is 23.4 Å². The quantitative estimate of drug-likeness (QED) is 0.639. The highest BCUT2D eigenvalue weighted by molar-refractivity contribution is 6.01. The van der Waals surface area contributed by atoms with Crippen LogP contribution in [0, 0.1) is 10.1 Å². The molecule has 1 aromatic heterocycles. The van der Waals surface area contributed by atoms with E-state index < -0.39 is 10.8 Å². The van der Waals surface area contributed by atoms with E-state index in [2.05, 4.69) is 20.5 Å². The average molecular weight is 261 g/mol. The van der Waals surface area contributed by atoms with E-state index in [9.17, 15) is 14.9 Å². The molecule has 0 spiro atoms. The molecule has 0 aliphatic carbocycles. The Labute approximate surface area is 108 Å². The average Bonchev–Trinajstić information content (AvgIpc) is 2.88. The summed E-state index contributed by atoms with van der Waals surface area (Å²) >= 11 is 0. The molecule has 0 aliphatic rings. The molecule has 0 aliphatic heterocycles. The van der Waals surface area contributed by atoms with Gasteiger partial charge in [0.15, 0.2) is 0 Å². The van der Waals surface area contributed by atoms with Crippen molar-refractivity contribution in [2.75, 3.05) is 5.32 Å². The highest BCUT2D eigenvalue weighted by atomic mass is 16.6. The molecule has 0 saturated heterocycles. The monoisotopic (exact) mass is 261 g/mol. The third-order valence-electron chi connectivity index (χ3n) is 2.41. The number of aromatic nitrogens is 3. The molecule has 0 radical (unpaired) electrons. The minimum absolute atomic E-state index is 0.0372. The lowest BCUT2D eigenvalue weighted by atomic mass is 10.3. The number of carbonyl (C=O) groups excluding carboxylic acids is 1. The molecule has 1 amide bonds. The molecule has 8 heteroatoms. The van der Waals surface area contributed by atoms with Gasteiger partial charge >= 0.3 is 0 Å². The molecule has 98 valence electrons. The number of aromatic amines is 1. The molecule has 0 bridgehead atoms. The smallest absolute Gasteiger partial charge is 0.295 e. The molecule has 0 unspecified atom stereocenters. The van der Waals surface area contributed by atoms with Crippen LogP contribution >= 0.6 is 0 Å². The lowest BCUT2D eigenvalue weighted by Gasteiger charge is -2.01. The van der Waals surface area contributed by atoms with Gasteiger partial charge in [-0.15, -0.1) is 5.10 Å². The number of nitrogens with zero attached hydrogens (tertiary/aromatic N) is 3. The molecule has 8 nitrogen and oxygen atoms in total. The normalized spacial score (nSPS) is 10.2. The van der Waals surface area contributed by atoms with Crippen molar-refractivity contribution in [3.05, 3.63) is 46.0 Å². The van der Waals surface area contributed by atoms with Crippen molar-refractivity contribution in [2.45, 2.75) is 13.3 Å². The minimum Gasteiger partial charge on any atom is -0.319 e. The lowest BCUT2D eigenvalue weighted by Crippen LogP contribution is -2.13. The summed E-state index contributed by atoms with van der Waals surface area (Å²) in [6, 6.07) is 5.52. The standard InChI is InChI=1S/C11H11N5O3/c1-2-9-13-10(15-14-9)11(17)12-7-3-5-8(6-4-7)16(18)19/h3-6H,2H2,1H3,(H,12,17)(H,13,14,15). The molecule has 0 atom stereocenters. The van der Waals surface area contributed by atoms with Crippen LogP contribution < -0.4 is 5.32 Å². The maximum absolute atomic E-state index is 11.8. The van der Waals surface area contributed by atoms with Crippen molar-refractivity contribution in [1.29, 1.82) is 0 Å². The van der Waals surface area contributed by atoms with Gasteiger partial charge in [-0.1, -0.05) is 6.92 Å². The second kappa shape index (κ2) is 5.25. The SMILES string of the molecule is CCc1nc(C(=O)Nc2ccc([N+](=O)[O-])cc2)n[nH]1. The molecule has 19 heavy (non-hydrogen) atoms. The Kier molecular flexibility index (Phi) is 3.51. The van der Waals surface area contributed by atoms with Crippen molar-refractivity contribution in [2.24, 2.45) is 0 Å². The number of nitro groups is 1. The first kappa shape index (κ1) is 12.7. The van der Waals surface area contributed by atoms with E-state index in [4.69, 9.17) is 0 Å². The number of anilines is 1. The van der Waals surface area contributed by atoms with E-state index in [0.717, 1.165) is 0 Å². The fourth-order valence-electron chi connectivity index (χ4n) is 1.41. The van der Waals surface area contributed by atoms with Gasteiger partial charge in [0.25, 0.3) is 11.6 Å². The van der Waals surface area contributed by atoms with Gasteiger partial charge in [0.2, 0.25) is 5.82 Å². The maximum atomic E-state index is 11.8. The van der Waals surface area contributed by atoms with Crippen molar-refractivity contribution in [1.82, 2.24) is 15.2 Å². The van der Waals surface area contributed by atoms with Crippen molar-refractivity contribution in [3.8, 4) is 0 Å². The highest BCUT2D eigenvalue weighted by Gasteiger charge is 2.12. The van der Waals surface area contributed by atoms with Gasteiger partial charge in [0, 0.05) is 24.2 Å². The largest absolute Gasteiger partial charge is 0.319 e. The predicted octanol–water partition coefficient (Wildman–Crippen LogP) is 1.53. The van der Waals surface area contributed by atoms with Gasteiger partial charge in [-0.25, -0.2) is 4.98 Å². The molecule has 2 N–H and O–H groups in total. The Morgan fingerprint density at radius 2 is 2.11 bits per heavy atom. The summed E-state index contributed by atoms with van der Waals surface area (Å²) in [5.41, 5.74) is 0.405. The Balaban J connectivity index is 2.08. The fraction of sp³-hybridized carbons (Fsp3) is 0.182. The van der Waals surface area contributed by atoms with Crippen LogP contribution in [0.2, 0.25) is 0 Å². The number of benzene rings is 1. The van der Waals surface area contributed by atoms with Crippen molar-refractivity contribution >= 4 is 17.3 Å². The summed E-state index contributed by atoms with van der Waals surface area (Å²) in [5, 5.41) is 19.4. The summed E-state index contributed by atoms with van der Waals surface area (Å²) < 4.78 is 0. The summed E-state index contributed by atoms with van der Waals surface area (Å²) in [4.78, 5) is 25.7. The van der Waals surface area contributed by atoms with Crippen LogP contribution in [0.4, 0.5) is 11.4 Å². The third kappa shape index (κ3) is 2.92. The van der Waals surface area contributed by atoms with Gasteiger partial charge in [0.1, 0.15) is 5.82 Å². The van der Waals surface area contributed by atoms with Crippen LogP contribution in [0.15, 0.2) is 24.3 Å². The van der Waals surface area contributed by atoms with Crippen molar-refractivity contribution in [3.63, 3.8) is 0 Å². The Hall–Kier alpha value is -2.77. The van der Waals surface area contributed by atoms with E-state index in [1.54, 1.807) is 0 Å². The number of nitrogens with one attached hydrogen (secondary N) is 2. The lowest BCUT2D eigenvalue weighted by molar-refractivity contribution is -0.384. The number of H-pyrrole nitrogens is 1. The number of aryl methyl sites for hydroxylation is 1. The van der Waals surface area contributed by atoms with Gasteiger partial charge < -0.3 is 5.32 Å². The van der Waals surface area contributed by atoms with Crippen LogP contribution in [0.5, 0.6) is 0 Å². The number of hydrogen-bond donors (Lipinski definition) is 2. The first-order valence-corrected chi connectivity index (χ1v) is 5.57. The van der Waals surface area contributed by atoms with Gasteiger partial charge in [-0.2, -0.15) is 0 Å². The van der Waals surface area contributed by atoms with Gasteiger partial charge in [-0.05, 0) is 12.1 Å². The summed E-state index contributed by atoms with van der Waals surface area (Å²) in [7, 11) is 0. The van der Waals surface area contributed by atoms with E-state index in [1.165, 1.54) is 24.3 Å². The van der Waals surface area contributed by atoms with Gasteiger partial charge in [0.05, 0.1) is 4.92 Å². The van der Waals surface area contributed by atoms with Gasteiger partial charge in [-0.3, -0.25) is 20.0 Å². The number of rotatable bonds is 4. The molecular weight excluding hydrogens is 250 g/mol. The zero-order valence-corrected chi connectivity index (χ0v) is 10.1. The summed E-state index contributed by atoms with van der Waals surface area (Å²) in [6.45, 7) is 1.89. The van der Waals surface area contributed by atoms with E-state index >= 15 is 0 Å². The summed E-state index contributed by atoms with van der Waals surface area (Å²) in [5.74, 6) is 0.189. The Morgan fingerprint density at radius 3 is 2.63 bits per heavy atom. The molecule has 0 fully saturated rings. The first-order chi connectivity index (χ1) is 9.10. The molecular formula is C11H11N5O3. The molecule has 2 rings (SSSR count). The maximum Gasteiger partial charge on any atom is 0.295 e. The molecule has 2 aromatic rings. The third-order valence-corrected chi connectivity index (χ3v) is 2.41. The second-order valence-electron chi connectivity index (χ2n) is 3.72. The molecule has 1 heterocycles. The number of carbonyl (C=O) groups is 1. The Morgan fingerprint density at radius 1 is 1.42 bits per heavy atom. The minimum atomic E-state index is -0.506. The highest BCUT2D eigenvalue weighted by Crippen LogP contribution is 2.15. The zero-order chi connectivity index (χ0) is 13.8. The summed E-state index contributed by atoms with van der Waals surface area (Å²) in [6.07, 6.45) is 0.651. The van der Waals surface area contributed by atoms with E-state index in [-0.39, 0.29) is 11.5 Å². The van der Waals surface area contributed by atoms with Crippen LogP contribution in [0.25, 0.3) is 0 Å². The van der Waals surface area contributed by atoms with Crippen LogP contribution in [-0.4, -0.2) is 26.0 Å². The number of nitro benzene ring substituents is 1. The molecule has 0 saturated carbocycles. The predicted molar refractivity (Wildman–Crippen MR) is 66.8 cm³/mol. The Bertz CT molecular complexity index is 605. The first-order valence-electron chi connectivity index (χ1n) is 5.57. The number of amides is 1. The fourth-order valence-corrected chi connectivity index (χ4v) is 1.41. The number of hydrogen-bond acceptors (Lipinski definition) is 5.